The predicted octanol–water partition coefficient (Wildman–Crippen LogP) is 1.33. The number of aliphatic hydroxyl groups excluding tert-OH is 1. The standard InChI is InChI=1S/C23H26N6O3/c30-20(17-29-22(25-32-23(29)31)18-6-2-1-3-7-18)16-27-12-10-26(11-13-27)14-19-15-28-9-5-4-8-21(28)24-19/h1-9,15,20,30H,10-14,16-17H2. The van der Waals surface area contributed by atoms with Gasteiger partial charge in [-0.3, -0.25) is 18.9 Å². The van der Waals surface area contributed by atoms with Gasteiger partial charge in [-0.2, -0.15) is 0 Å². The molecule has 4 heterocycles. The number of hydrogen-bond donors (Lipinski definition) is 1. The van der Waals surface area contributed by atoms with Crippen LogP contribution < -0.4 is 5.76 Å². The fraction of sp³-hybridized carbons (Fsp3) is 0.348. The first kappa shape index (κ1) is 20.6. The number of piperazine rings is 1. The van der Waals surface area contributed by atoms with Gasteiger partial charge in [-0.25, -0.2) is 9.78 Å². The molecule has 1 atom stereocenters. The molecule has 1 aliphatic rings. The van der Waals surface area contributed by atoms with Crippen LogP contribution in [-0.2, 0) is 13.1 Å². The first-order chi connectivity index (χ1) is 15.7. The molecule has 9 nitrogen and oxygen atoms in total. The summed E-state index contributed by atoms with van der Waals surface area (Å²) in [5, 5.41) is 14.5. The molecule has 0 aliphatic carbocycles. The topological polar surface area (TPSA) is 92.0 Å². The first-order valence-corrected chi connectivity index (χ1v) is 10.8. The number of aromatic nitrogens is 4. The molecule has 5 rings (SSSR count). The Morgan fingerprint density at radius 1 is 0.969 bits per heavy atom. The van der Waals surface area contributed by atoms with Crippen LogP contribution in [0.3, 0.4) is 0 Å². The summed E-state index contributed by atoms with van der Waals surface area (Å²) in [6.45, 7) is 4.98. The van der Waals surface area contributed by atoms with Crippen molar-refractivity contribution < 1.29 is 9.63 Å². The van der Waals surface area contributed by atoms with Crippen LogP contribution in [0.25, 0.3) is 17.0 Å². The SMILES string of the molecule is O=c1onc(-c2ccccc2)n1CC(O)CN1CCN(Cc2cn3ccccc3n2)CC1. The number of hydrogen-bond acceptors (Lipinski definition) is 7. The van der Waals surface area contributed by atoms with Crippen LogP contribution in [0.1, 0.15) is 5.69 Å². The predicted molar refractivity (Wildman–Crippen MR) is 119 cm³/mol. The maximum Gasteiger partial charge on any atom is 0.441 e. The van der Waals surface area contributed by atoms with E-state index in [1.807, 2.05) is 59.1 Å². The van der Waals surface area contributed by atoms with E-state index >= 15 is 0 Å². The van der Waals surface area contributed by atoms with Crippen molar-refractivity contribution in [3.05, 3.63) is 77.2 Å². The number of rotatable bonds is 7. The van der Waals surface area contributed by atoms with Crippen molar-refractivity contribution in [3.63, 3.8) is 0 Å². The lowest BCUT2D eigenvalue weighted by Crippen LogP contribution is -2.48. The highest BCUT2D eigenvalue weighted by Crippen LogP contribution is 2.16. The number of imidazole rings is 1. The van der Waals surface area contributed by atoms with Crippen molar-refractivity contribution in [1.82, 2.24) is 28.9 Å². The van der Waals surface area contributed by atoms with Crippen LogP contribution in [0.4, 0.5) is 0 Å². The second-order valence-electron chi connectivity index (χ2n) is 8.18. The van der Waals surface area contributed by atoms with E-state index in [-0.39, 0.29) is 6.54 Å². The third-order valence-electron chi connectivity index (χ3n) is 5.84. The van der Waals surface area contributed by atoms with Crippen LogP contribution >= 0.6 is 0 Å². The summed E-state index contributed by atoms with van der Waals surface area (Å²) in [4.78, 5) is 21.4. The lowest BCUT2D eigenvalue weighted by Gasteiger charge is -2.35. The zero-order valence-electron chi connectivity index (χ0n) is 17.7. The van der Waals surface area contributed by atoms with Crippen LogP contribution in [-0.4, -0.2) is 72.8 Å². The third-order valence-corrected chi connectivity index (χ3v) is 5.84. The number of nitrogens with zero attached hydrogens (tertiary/aromatic N) is 6. The Labute approximate surface area is 185 Å². The maximum atomic E-state index is 12.1. The number of fused-ring (bicyclic) bond motifs is 1. The highest BCUT2D eigenvalue weighted by Gasteiger charge is 2.22. The molecule has 32 heavy (non-hydrogen) atoms. The molecule has 3 aromatic heterocycles. The summed E-state index contributed by atoms with van der Waals surface area (Å²) in [5.41, 5.74) is 2.80. The Balaban J connectivity index is 1.15. The molecule has 9 heteroatoms. The van der Waals surface area contributed by atoms with Crippen LogP contribution in [0, 0.1) is 0 Å². The third kappa shape index (κ3) is 4.50. The second-order valence-corrected chi connectivity index (χ2v) is 8.18. The van der Waals surface area contributed by atoms with Crippen molar-refractivity contribution in [2.75, 3.05) is 32.7 Å². The highest BCUT2D eigenvalue weighted by molar-refractivity contribution is 5.54. The summed E-state index contributed by atoms with van der Waals surface area (Å²) in [6, 6.07) is 15.4. The molecule has 1 aromatic carbocycles. The molecular formula is C23H26N6O3. The molecule has 1 saturated heterocycles. The Bertz CT molecular complexity index is 1190. The van der Waals surface area contributed by atoms with Gasteiger partial charge in [-0.1, -0.05) is 41.6 Å². The number of pyridine rings is 1. The zero-order valence-corrected chi connectivity index (χ0v) is 17.7. The quantitative estimate of drug-likeness (QED) is 0.469. The molecule has 0 saturated carbocycles. The van der Waals surface area contributed by atoms with Gasteiger partial charge in [-0.15, -0.1) is 0 Å². The van der Waals surface area contributed by atoms with Gasteiger partial charge in [0.2, 0.25) is 0 Å². The molecule has 1 N–H and O–H groups in total. The summed E-state index contributed by atoms with van der Waals surface area (Å²) in [7, 11) is 0. The molecule has 1 fully saturated rings. The van der Waals surface area contributed by atoms with Gasteiger partial charge in [-0.05, 0) is 12.1 Å². The van der Waals surface area contributed by atoms with E-state index in [2.05, 4.69) is 26.1 Å². The largest absolute Gasteiger partial charge is 0.441 e. The van der Waals surface area contributed by atoms with E-state index in [1.165, 1.54) is 4.57 Å². The number of β-amino-alcohol motifs (C(OH)–C–C–N with tert-alkyl or cyclic N) is 1. The lowest BCUT2D eigenvalue weighted by atomic mass is 10.2. The average molecular weight is 435 g/mol. The van der Waals surface area contributed by atoms with E-state index < -0.39 is 11.9 Å². The smallest absolute Gasteiger partial charge is 0.390 e. The van der Waals surface area contributed by atoms with Crippen molar-refractivity contribution in [3.8, 4) is 11.4 Å². The molecule has 166 valence electrons. The molecule has 0 bridgehead atoms. The van der Waals surface area contributed by atoms with Gasteiger partial charge in [0.1, 0.15) is 5.65 Å². The van der Waals surface area contributed by atoms with E-state index in [4.69, 9.17) is 4.52 Å². The highest BCUT2D eigenvalue weighted by atomic mass is 16.5. The molecule has 1 aliphatic heterocycles. The van der Waals surface area contributed by atoms with Crippen molar-refractivity contribution in [2.24, 2.45) is 0 Å². The summed E-state index contributed by atoms with van der Waals surface area (Å²) >= 11 is 0. The van der Waals surface area contributed by atoms with E-state index in [1.54, 1.807) is 0 Å². The van der Waals surface area contributed by atoms with Gasteiger partial charge in [0.05, 0.1) is 18.3 Å². The van der Waals surface area contributed by atoms with Gasteiger partial charge < -0.3 is 9.51 Å². The lowest BCUT2D eigenvalue weighted by molar-refractivity contribution is 0.0612. The monoisotopic (exact) mass is 434 g/mol. The molecule has 1 unspecified atom stereocenters. The van der Waals surface area contributed by atoms with Crippen LogP contribution in [0.5, 0.6) is 0 Å². The van der Waals surface area contributed by atoms with Crippen LogP contribution in [0.2, 0.25) is 0 Å². The molecule has 0 amide bonds. The minimum absolute atomic E-state index is 0.147. The fourth-order valence-corrected chi connectivity index (χ4v) is 4.21. The van der Waals surface area contributed by atoms with Gasteiger partial charge >= 0.3 is 5.76 Å². The fourth-order valence-electron chi connectivity index (χ4n) is 4.21. The summed E-state index contributed by atoms with van der Waals surface area (Å²) < 4.78 is 8.29. The Morgan fingerprint density at radius 2 is 1.72 bits per heavy atom. The van der Waals surface area contributed by atoms with E-state index in [0.29, 0.717) is 12.4 Å². The normalized spacial score (nSPS) is 16.5. The van der Waals surface area contributed by atoms with Crippen molar-refractivity contribution in [2.45, 2.75) is 19.2 Å². The molecular weight excluding hydrogens is 408 g/mol. The Hall–Kier alpha value is -3.27. The van der Waals surface area contributed by atoms with Crippen LogP contribution in [0.15, 0.2) is 70.2 Å². The number of benzene rings is 1. The molecule has 4 aromatic rings. The van der Waals surface area contributed by atoms with E-state index in [9.17, 15) is 9.90 Å². The Morgan fingerprint density at radius 3 is 2.50 bits per heavy atom. The maximum absolute atomic E-state index is 12.1. The zero-order chi connectivity index (χ0) is 21.9. The van der Waals surface area contributed by atoms with E-state index in [0.717, 1.165) is 49.6 Å². The average Bonchev–Trinajstić information content (AvgIpc) is 3.38. The minimum Gasteiger partial charge on any atom is -0.390 e. The second kappa shape index (κ2) is 9.07. The number of aliphatic hydroxyl groups is 1. The van der Waals surface area contributed by atoms with Crippen molar-refractivity contribution >= 4 is 5.65 Å². The first-order valence-electron chi connectivity index (χ1n) is 10.8. The van der Waals surface area contributed by atoms with Gasteiger partial charge in [0.15, 0.2) is 5.82 Å². The Kier molecular flexibility index (Phi) is 5.85. The molecule has 0 radical (unpaired) electrons. The minimum atomic E-state index is -0.695. The summed E-state index contributed by atoms with van der Waals surface area (Å²) in [6.07, 6.45) is 3.39. The molecule has 0 spiro atoms. The van der Waals surface area contributed by atoms with Gasteiger partial charge in [0, 0.05) is 57.2 Å². The van der Waals surface area contributed by atoms with Crippen molar-refractivity contribution in [1.29, 1.82) is 0 Å². The summed E-state index contributed by atoms with van der Waals surface area (Å²) in [5.74, 6) is -0.118. The van der Waals surface area contributed by atoms with Gasteiger partial charge in [0.25, 0.3) is 0 Å².